The van der Waals surface area contributed by atoms with Gasteiger partial charge >= 0.3 is 0 Å². The molecular formula is C9H14N2O3. The van der Waals surface area contributed by atoms with Crippen molar-refractivity contribution in [2.45, 2.75) is 38.0 Å². The molecule has 1 unspecified atom stereocenters. The second kappa shape index (κ2) is 3.24. The van der Waals surface area contributed by atoms with Crippen molar-refractivity contribution in [3.05, 3.63) is 0 Å². The Kier molecular flexibility index (Phi) is 2.19. The Bertz CT molecular complexity index is 273. The molecule has 0 bridgehead atoms. The van der Waals surface area contributed by atoms with E-state index >= 15 is 0 Å². The zero-order valence-electron chi connectivity index (χ0n) is 8.06. The average molecular weight is 198 g/mol. The number of rotatable bonds is 1. The maximum absolute atomic E-state index is 11.7. The van der Waals surface area contributed by atoms with Crippen LogP contribution in [0.25, 0.3) is 0 Å². The third kappa shape index (κ3) is 1.28. The second-order valence-electron chi connectivity index (χ2n) is 3.92. The number of carbonyl (C=O) groups is 2. The first kappa shape index (κ1) is 9.45. The first-order valence-electron chi connectivity index (χ1n) is 4.90. The van der Waals surface area contributed by atoms with Crippen molar-refractivity contribution >= 4 is 11.8 Å². The van der Waals surface area contributed by atoms with E-state index in [1.807, 2.05) is 0 Å². The van der Waals surface area contributed by atoms with Gasteiger partial charge in [-0.1, -0.05) is 0 Å². The second-order valence-corrected chi connectivity index (χ2v) is 3.92. The van der Waals surface area contributed by atoms with Gasteiger partial charge in [0.25, 0.3) is 0 Å². The lowest BCUT2D eigenvalue weighted by atomic mass is 10.1. The van der Waals surface area contributed by atoms with Crippen molar-refractivity contribution in [3.8, 4) is 0 Å². The summed E-state index contributed by atoms with van der Waals surface area (Å²) in [6.07, 6.45) is 0.786. The molecule has 3 atom stereocenters. The molecule has 5 nitrogen and oxygen atoms in total. The molecule has 0 spiro atoms. The molecule has 0 aromatic rings. The Hall–Kier alpha value is -1.10. The lowest BCUT2D eigenvalue weighted by Gasteiger charge is -2.35. The molecule has 2 heterocycles. The monoisotopic (exact) mass is 198 g/mol. The molecule has 0 aliphatic carbocycles. The SMILES string of the molecule is CC(O)[C@@H]1NC(=O)[C@@H]2CCCN2C1=O. The summed E-state index contributed by atoms with van der Waals surface area (Å²) in [6.45, 7) is 2.15. The number of hydrogen-bond acceptors (Lipinski definition) is 3. The molecule has 2 amide bonds. The van der Waals surface area contributed by atoms with Gasteiger partial charge in [0.2, 0.25) is 11.8 Å². The number of aliphatic hydroxyl groups excluding tert-OH is 1. The first-order chi connectivity index (χ1) is 6.61. The Balaban J connectivity index is 2.20. The normalized spacial score (nSPS) is 34.0. The van der Waals surface area contributed by atoms with Crippen LogP contribution in [0, 0.1) is 0 Å². The van der Waals surface area contributed by atoms with Gasteiger partial charge in [-0.15, -0.1) is 0 Å². The number of amides is 2. The van der Waals surface area contributed by atoms with E-state index in [-0.39, 0.29) is 17.9 Å². The summed E-state index contributed by atoms with van der Waals surface area (Å²) in [7, 11) is 0. The van der Waals surface area contributed by atoms with Gasteiger partial charge in [0.15, 0.2) is 0 Å². The van der Waals surface area contributed by atoms with E-state index in [0.717, 1.165) is 12.8 Å². The van der Waals surface area contributed by atoms with Crippen LogP contribution in [0.5, 0.6) is 0 Å². The highest BCUT2D eigenvalue weighted by molar-refractivity contribution is 5.97. The topological polar surface area (TPSA) is 69.6 Å². The summed E-state index contributed by atoms with van der Waals surface area (Å²) >= 11 is 0. The Labute approximate surface area is 82.1 Å². The first-order valence-corrected chi connectivity index (χ1v) is 4.90. The van der Waals surface area contributed by atoms with Crippen LogP contribution in [-0.4, -0.2) is 46.6 Å². The zero-order valence-corrected chi connectivity index (χ0v) is 8.06. The highest BCUT2D eigenvalue weighted by Gasteiger charge is 2.44. The van der Waals surface area contributed by atoms with Crippen LogP contribution in [-0.2, 0) is 9.59 Å². The van der Waals surface area contributed by atoms with Crippen LogP contribution in [0.4, 0.5) is 0 Å². The molecule has 2 rings (SSSR count). The Morgan fingerprint density at radius 1 is 1.57 bits per heavy atom. The summed E-state index contributed by atoms with van der Waals surface area (Å²) < 4.78 is 0. The fraction of sp³-hybridized carbons (Fsp3) is 0.778. The standard InChI is InChI=1S/C9H14N2O3/c1-5(12)7-9(14)11-4-2-3-6(11)8(13)10-7/h5-7,12H,2-4H2,1H3,(H,10,13)/t5?,6-,7-/m0/s1. The Morgan fingerprint density at radius 2 is 2.29 bits per heavy atom. The molecule has 14 heavy (non-hydrogen) atoms. The predicted molar refractivity (Wildman–Crippen MR) is 48.3 cm³/mol. The van der Waals surface area contributed by atoms with Gasteiger partial charge in [-0.2, -0.15) is 0 Å². The number of nitrogens with one attached hydrogen (secondary N) is 1. The quantitative estimate of drug-likeness (QED) is 0.559. The summed E-state index contributed by atoms with van der Waals surface area (Å²) in [5.41, 5.74) is 0. The molecule has 78 valence electrons. The molecular weight excluding hydrogens is 184 g/mol. The van der Waals surface area contributed by atoms with Crippen molar-refractivity contribution in [1.29, 1.82) is 0 Å². The molecule has 2 saturated heterocycles. The molecule has 2 aliphatic heterocycles. The van der Waals surface area contributed by atoms with Crippen molar-refractivity contribution in [2.75, 3.05) is 6.54 Å². The predicted octanol–water partition coefficient (Wildman–Crippen LogP) is -1.14. The zero-order chi connectivity index (χ0) is 10.3. The van der Waals surface area contributed by atoms with Crippen LogP contribution in [0.15, 0.2) is 0 Å². The van der Waals surface area contributed by atoms with Gasteiger partial charge in [-0.05, 0) is 19.8 Å². The number of nitrogens with zero attached hydrogens (tertiary/aromatic N) is 1. The van der Waals surface area contributed by atoms with Gasteiger partial charge in [0.05, 0.1) is 6.10 Å². The number of aliphatic hydroxyl groups is 1. The van der Waals surface area contributed by atoms with Gasteiger partial charge in [0.1, 0.15) is 12.1 Å². The molecule has 0 aromatic carbocycles. The summed E-state index contributed by atoms with van der Waals surface area (Å²) in [5, 5.41) is 11.9. The van der Waals surface area contributed by atoms with Crippen LogP contribution in [0.3, 0.4) is 0 Å². The number of carbonyl (C=O) groups excluding carboxylic acids is 2. The third-order valence-corrected chi connectivity index (χ3v) is 2.88. The maximum atomic E-state index is 11.7. The Morgan fingerprint density at radius 3 is 2.93 bits per heavy atom. The number of hydrogen-bond donors (Lipinski definition) is 2. The maximum Gasteiger partial charge on any atom is 0.248 e. The van der Waals surface area contributed by atoms with Gasteiger partial charge < -0.3 is 15.3 Å². The van der Waals surface area contributed by atoms with Crippen LogP contribution in [0.1, 0.15) is 19.8 Å². The lowest BCUT2D eigenvalue weighted by Crippen LogP contribution is -2.64. The minimum atomic E-state index is -0.826. The van der Waals surface area contributed by atoms with Crippen molar-refractivity contribution in [2.24, 2.45) is 0 Å². The van der Waals surface area contributed by atoms with E-state index in [0.29, 0.717) is 6.54 Å². The molecule has 0 aromatic heterocycles. The van der Waals surface area contributed by atoms with Gasteiger partial charge in [-0.25, -0.2) is 0 Å². The number of piperazine rings is 1. The summed E-state index contributed by atoms with van der Waals surface area (Å²) in [6, 6.07) is -1.05. The lowest BCUT2D eigenvalue weighted by molar-refractivity contribution is -0.149. The van der Waals surface area contributed by atoms with Gasteiger partial charge in [0, 0.05) is 6.54 Å². The number of fused-ring (bicyclic) bond motifs is 1. The highest BCUT2D eigenvalue weighted by atomic mass is 16.3. The molecule has 5 heteroatoms. The van der Waals surface area contributed by atoms with Crippen molar-refractivity contribution in [3.63, 3.8) is 0 Å². The van der Waals surface area contributed by atoms with Crippen LogP contribution >= 0.6 is 0 Å². The van der Waals surface area contributed by atoms with Gasteiger partial charge in [-0.3, -0.25) is 9.59 Å². The largest absolute Gasteiger partial charge is 0.391 e. The average Bonchev–Trinajstić information content (AvgIpc) is 2.59. The van der Waals surface area contributed by atoms with E-state index in [9.17, 15) is 14.7 Å². The summed E-state index contributed by atoms with van der Waals surface area (Å²) in [4.78, 5) is 24.8. The molecule has 2 N–H and O–H groups in total. The van der Waals surface area contributed by atoms with E-state index < -0.39 is 12.1 Å². The van der Waals surface area contributed by atoms with Crippen molar-refractivity contribution < 1.29 is 14.7 Å². The van der Waals surface area contributed by atoms with Crippen molar-refractivity contribution in [1.82, 2.24) is 10.2 Å². The van der Waals surface area contributed by atoms with Crippen LogP contribution in [0.2, 0.25) is 0 Å². The minimum Gasteiger partial charge on any atom is -0.391 e. The summed E-state index contributed by atoms with van der Waals surface area (Å²) in [5.74, 6) is -0.282. The smallest absolute Gasteiger partial charge is 0.248 e. The highest BCUT2D eigenvalue weighted by Crippen LogP contribution is 2.22. The van der Waals surface area contributed by atoms with E-state index in [2.05, 4.69) is 5.32 Å². The van der Waals surface area contributed by atoms with E-state index in [4.69, 9.17) is 0 Å². The molecule has 0 saturated carbocycles. The van der Waals surface area contributed by atoms with Crippen LogP contribution < -0.4 is 5.32 Å². The fourth-order valence-corrected chi connectivity index (χ4v) is 2.12. The minimum absolute atomic E-state index is 0.131. The third-order valence-electron chi connectivity index (χ3n) is 2.88. The van der Waals surface area contributed by atoms with E-state index in [1.54, 1.807) is 4.90 Å². The molecule has 0 radical (unpaired) electrons. The van der Waals surface area contributed by atoms with E-state index in [1.165, 1.54) is 6.92 Å². The molecule has 2 aliphatic rings. The fourth-order valence-electron chi connectivity index (χ4n) is 2.12. The molecule has 2 fully saturated rings.